The van der Waals surface area contributed by atoms with Crippen LogP contribution in [0.5, 0.6) is 0 Å². The Bertz CT molecular complexity index is 446. The number of carbonyl (C=O) groups excluding carboxylic acids is 2. The third kappa shape index (κ3) is 3.97. The molecule has 1 aromatic carbocycles. The Morgan fingerprint density at radius 3 is 2.67 bits per heavy atom. The van der Waals surface area contributed by atoms with Crippen molar-refractivity contribution in [2.45, 2.75) is 13.3 Å². The van der Waals surface area contributed by atoms with Crippen LogP contribution in [0.25, 0.3) is 0 Å². The normalized spacial score (nSPS) is 9.83. The first-order valence-corrected chi connectivity index (χ1v) is 5.63. The van der Waals surface area contributed by atoms with Crippen LogP contribution < -0.4 is 16.8 Å². The second kappa shape index (κ2) is 6.48. The van der Waals surface area contributed by atoms with Crippen molar-refractivity contribution < 1.29 is 14.3 Å². The highest BCUT2D eigenvalue weighted by Crippen LogP contribution is 2.16. The molecule has 0 bridgehead atoms. The summed E-state index contributed by atoms with van der Waals surface area (Å²) < 4.78 is 4.95. The summed E-state index contributed by atoms with van der Waals surface area (Å²) in [5.41, 5.74) is 12.1. The van der Waals surface area contributed by atoms with E-state index in [2.05, 4.69) is 5.32 Å². The third-order valence-corrected chi connectivity index (χ3v) is 2.23. The van der Waals surface area contributed by atoms with E-state index in [9.17, 15) is 9.59 Å². The Balaban J connectivity index is 2.48. The summed E-state index contributed by atoms with van der Waals surface area (Å²) in [6.45, 7) is 2.39. The molecule has 98 valence electrons. The summed E-state index contributed by atoms with van der Waals surface area (Å²) in [4.78, 5) is 22.8. The van der Waals surface area contributed by atoms with E-state index in [1.54, 1.807) is 6.07 Å². The van der Waals surface area contributed by atoms with Crippen molar-refractivity contribution in [3.8, 4) is 0 Å². The minimum atomic E-state index is -0.559. The molecule has 0 saturated carbocycles. The summed E-state index contributed by atoms with van der Waals surface area (Å²) in [5, 5.41) is 2.61. The smallest absolute Gasteiger partial charge is 0.340 e. The van der Waals surface area contributed by atoms with Crippen molar-refractivity contribution in [3.63, 3.8) is 0 Å². The van der Waals surface area contributed by atoms with Gasteiger partial charge in [0.2, 0.25) is 5.91 Å². The summed E-state index contributed by atoms with van der Waals surface area (Å²) in [6, 6.07) is 4.55. The lowest BCUT2D eigenvalue weighted by Crippen LogP contribution is -2.24. The van der Waals surface area contributed by atoms with Crippen LogP contribution in [0.4, 0.5) is 11.4 Å². The molecule has 0 radical (unpaired) electrons. The molecule has 0 unspecified atom stereocenters. The number of rotatable bonds is 5. The van der Waals surface area contributed by atoms with Gasteiger partial charge in [-0.15, -0.1) is 0 Å². The molecular weight excluding hydrogens is 234 g/mol. The fourth-order valence-corrected chi connectivity index (χ4v) is 1.37. The van der Waals surface area contributed by atoms with Crippen LogP contribution in [0.3, 0.4) is 0 Å². The van der Waals surface area contributed by atoms with Gasteiger partial charge in [-0.1, -0.05) is 0 Å². The average molecular weight is 251 g/mol. The SMILES string of the molecule is CCNC(=O)CCOC(=O)c1ccc(N)cc1N. The van der Waals surface area contributed by atoms with Crippen molar-refractivity contribution in [2.24, 2.45) is 0 Å². The van der Waals surface area contributed by atoms with Crippen molar-refractivity contribution in [2.75, 3.05) is 24.6 Å². The van der Waals surface area contributed by atoms with Crippen LogP contribution in [0.15, 0.2) is 18.2 Å². The van der Waals surface area contributed by atoms with Crippen LogP contribution in [-0.2, 0) is 9.53 Å². The first-order chi connectivity index (χ1) is 8.54. The van der Waals surface area contributed by atoms with E-state index in [1.807, 2.05) is 6.92 Å². The summed E-state index contributed by atoms with van der Waals surface area (Å²) in [6.07, 6.45) is 0.133. The first kappa shape index (κ1) is 13.8. The van der Waals surface area contributed by atoms with Gasteiger partial charge in [0.1, 0.15) is 6.61 Å². The highest BCUT2D eigenvalue weighted by molar-refractivity contribution is 5.95. The van der Waals surface area contributed by atoms with E-state index in [0.29, 0.717) is 12.2 Å². The molecule has 0 aliphatic rings. The highest BCUT2D eigenvalue weighted by atomic mass is 16.5. The fraction of sp³-hybridized carbons (Fsp3) is 0.333. The van der Waals surface area contributed by atoms with Gasteiger partial charge in [0.05, 0.1) is 12.0 Å². The fourth-order valence-electron chi connectivity index (χ4n) is 1.37. The standard InChI is InChI=1S/C12H17N3O3/c1-2-15-11(16)5-6-18-12(17)9-4-3-8(13)7-10(9)14/h3-4,7H,2,5-6,13-14H2,1H3,(H,15,16). The number of anilines is 2. The van der Waals surface area contributed by atoms with Crippen molar-refractivity contribution in [1.29, 1.82) is 0 Å². The lowest BCUT2D eigenvalue weighted by atomic mass is 10.1. The number of nitrogens with two attached hydrogens (primary N) is 2. The molecule has 0 spiro atoms. The molecule has 0 aliphatic carbocycles. The van der Waals surface area contributed by atoms with E-state index < -0.39 is 5.97 Å². The number of benzene rings is 1. The van der Waals surface area contributed by atoms with Crippen LogP contribution in [0.2, 0.25) is 0 Å². The number of carbonyl (C=O) groups is 2. The third-order valence-electron chi connectivity index (χ3n) is 2.23. The zero-order chi connectivity index (χ0) is 13.5. The van der Waals surface area contributed by atoms with Crippen LogP contribution >= 0.6 is 0 Å². The summed E-state index contributed by atoms with van der Waals surface area (Å²) in [7, 11) is 0. The van der Waals surface area contributed by atoms with Gasteiger partial charge in [-0.3, -0.25) is 4.79 Å². The van der Waals surface area contributed by atoms with Crippen LogP contribution in [-0.4, -0.2) is 25.0 Å². The molecule has 6 heteroatoms. The predicted molar refractivity (Wildman–Crippen MR) is 68.9 cm³/mol. The first-order valence-electron chi connectivity index (χ1n) is 5.63. The molecule has 1 amide bonds. The lowest BCUT2D eigenvalue weighted by Gasteiger charge is -2.07. The van der Waals surface area contributed by atoms with E-state index in [-0.39, 0.29) is 30.2 Å². The maximum Gasteiger partial charge on any atom is 0.340 e. The van der Waals surface area contributed by atoms with Gasteiger partial charge in [0.25, 0.3) is 0 Å². The van der Waals surface area contributed by atoms with E-state index in [4.69, 9.17) is 16.2 Å². The maximum absolute atomic E-state index is 11.6. The van der Waals surface area contributed by atoms with Gasteiger partial charge >= 0.3 is 5.97 Å². The van der Waals surface area contributed by atoms with E-state index in [0.717, 1.165) is 0 Å². The minimum Gasteiger partial charge on any atom is -0.461 e. The maximum atomic E-state index is 11.6. The number of amides is 1. The summed E-state index contributed by atoms with van der Waals surface area (Å²) in [5.74, 6) is -0.715. The second-order valence-electron chi connectivity index (χ2n) is 3.69. The topological polar surface area (TPSA) is 107 Å². The van der Waals surface area contributed by atoms with Gasteiger partial charge in [-0.25, -0.2) is 4.79 Å². The largest absolute Gasteiger partial charge is 0.461 e. The number of ether oxygens (including phenoxy) is 1. The monoisotopic (exact) mass is 251 g/mol. The minimum absolute atomic E-state index is 0.0223. The molecule has 0 aliphatic heterocycles. The molecule has 0 heterocycles. The lowest BCUT2D eigenvalue weighted by molar-refractivity contribution is -0.121. The summed E-state index contributed by atoms with van der Waals surface area (Å²) >= 11 is 0. The van der Waals surface area contributed by atoms with Gasteiger partial charge in [-0.05, 0) is 25.1 Å². The zero-order valence-electron chi connectivity index (χ0n) is 10.2. The van der Waals surface area contributed by atoms with Crippen molar-refractivity contribution >= 4 is 23.3 Å². The van der Waals surface area contributed by atoms with Gasteiger partial charge in [-0.2, -0.15) is 0 Å². The predicted octanol–water partition coefficient (Wildman–Crippen LogP) is 0.534. The van der Waals surface area contributed by atoms with Crippen molar-refractivity contribution in [1.82, 2.24) is 5.32 Å². The van der Waals surface area contributed by atoms with Crippen LogP contribution in [0, 0.1) is 0 Å². The Kier molecular flexibility index (Phi) is 4.98. The highest BCUT2D eigenvalue weighted by Gasteiger charge is 2.11. The zero-order valence-corrected chi connectivity index (χ0v) is 10.2. The molecule has 0 aromatic heterocycles. The Hall–Kier alpha value is -2.24. The number of esters is 1. The Morgan fingerprint density at radius 2 is 2.06 bits per heavy atom. The molecule has 6 nitrogen and oxygen atoms in total. The quantitative estimate of drug-likeness (QED) is 0.522. The molecule has 1 aromatic rings. The van der Waals surface area contributed by atoms with E-state index >= 15 is 0 Å². The van der Waals surface area contributed by atoms with E-state index in [1.165, 1.54) is 12.1 Å². The molecule has 5 N–H and O–H groups in total. The van der Waals surface area contributed by atoms with Gasteiger partial charge in [0.15, 0.2) is 0 Å². The van der Waals surface area contributed by atoms with Crippen LogP contribution in [0.1, 0.15) is 23.7 Å². The number of hydrogen-bond acceptors (Lipinski definition) is 5. The molecule has 0 saturated heterocycles. The molecule has 0 atom stereocenters. The molecule has 18 heavy (non-hydrogen) atoms. The Labute approximate surface area is 105 Å². The number of nitrogen functional groups attached to an aromatic ring is 2. The van der Waals surface area contributed by atoms with Gasteiger partial charge in [0, 0.05) is 17.9 Å². The van der Waals surface area contributed by atoms with Gasteiger partial charge < -0.3 is 21.5 Å². The molecular formula is C12H17N3O3. The Morgan fingerprint density at radius 1 is 1.33 bits per heavy atom. The van der Waals surface area contributed by atoms with Crippen molar-refractivity contribution in [3.05, 3.63) is 23.8 Å². The average Bonchev–Trinajstić information content (AvgIpc) is 2.29. The number of hydrogen-bond donors (Lipinski definition) is 3. The molecule has 1 rings (SSSR count). The molecule has 0 fully saturated rings. The second-order valence-corrected chi connectivity index (χ2v) is 3.69. The number of nitrogens with one attached hydrogen (secondary N) is 1.